The molecule has 2 fully saturated rings. The monoisotopic (exact) mass is 446 g/mol. The molecule has 5 rings (SSSR count). The van der Waals surface area contributed by atoms with Crippen molar-refractivity contribution in [1.29, 1.82) is 0 Å². The van der Waals surface area contributed by atoms with Gasteiger partial charge in [0.1, 0.15) is 17.2 Å². The Hall–Kier alpha value is -3.29. The van der Waals surface area contributed by atoms with E-state index in [1.807, 2.05) is 41.5 Å². The van der Waals surface area contributed by atoms with Crippen LogP contribution >= 0.6 is 0 Å². The first kappa shape index (κ1) is 21.6. The summed E-state index contributed by atoms with van der Waals surface area (Å²) >= 11 is 0. The highest BCUT2D eigenvalue weighted by molar-refractivity contribution is 5.96. The van der Waals surface area contributed by atoms with Crippen LogP contribution in [0.25, 0.3) is 5.65 Å². The number of imidazole rings is 1. The number of hydrogen-bond donors (Lipinski definition) is 1. The molecule has 1 atom stereocenters. The molecule has 33 heavy (non-hydrogen) atoms. The Kier molecular flexibility index (Phi) is 5.83. The number of rotatable bonds is 4. The molecule has 1 aliphatic carbocycles. The molecule has 4 heterocycles. The lowest BCUT2D eigenvalue weighted by atomic mass is 9.95. The van der Waals surface area contributed by atoms with Crippen LogP contribution < -0.4 is 5.32 Å². The van der Waals surface area contributed by atoms with Gasteiger partial charge in [-0.25, -0.2) is 15.0 Å². The van der Waals surface area contributed by atoms with Crippen LogP contribution in [0.4, 0.5) is 0 Å². The van der Waals surface area contributed by atoms with E-state index in [9.17, 15) is 9.59 Å². The molecule has 3 aromatic rings. The van der Waals surface area contributed by atoms with E-state index >= 15 is 0 Å². The fraction of sp³-hybridized carbons (Fsp3) is 0.480. The summed E-state index contributed by atoms with van der Waals surface area (Å²) in [5, 5.41) is 3.18. The highest BCUT2D eigenvalue weighted by atomic mass is 16.2. The summed E-state index contributed by atoms with van der Waals surface area (Å²) in [6, 6.07) is 3.86. The van der Waals surface area contributed by atoms with Crippen LogP contribution in [0.5, 0.6) is 0 Å². The first-order valence-corrected chi connectivity index (χ1v) is 11.9. The summed E-state index contributed by atoms with van der Waals surface area (Å²) in [6.07, 6.45) is 12.4. The van der Waals surface area contributed by atoms with Gasteiger partial charge in [-0.3, -0.25) is 9.59 Å². The van der Waals surface area contributed by atoms with Gasteiger partial charge in [0.2, 0.25) is 0 Å². The molecular formula is C25H30N6O2. The minimum absolute atomic E-state index is 0.129. The van der Waals surface area contributed by atoms with Crippen LogP contribution in [0.3, 0.4) is 0 Å². The average molecular weight is 447 g/mol. The van der Waals surface area contributed by atoms with Crippen molar-refractivity contribution in [2.24, 2.45) is 0 Å². The molecule has 2 amide bonds. The molecule has 2 aliphatic rings. The lowest BCUT2D eigenvalue weighted by molar-refractivity contribution is 0.0723. The van der Waals surface area contributed by atoms with Gasteiger partial charge in [0.05, 0.1) is 17.3 Å². The normalized spacial score (nSPS) is 19.2. The zero-order valence-corrected chi connectivity index (χ0v) is 19.3. The van der Waals surface area contributed by atoms with Gasteiger partial charge in [-0.05, 0) is 51.2 Å². The number of fused-ring (bicyclic) bond motifs is 1. The zero-order chi connectivity index (χ0) is 22.9. The molecule has 1 N–H and O–H groups in total. The molecule has 1 unspecified atom stereocenters. The Balaban J connectivity index is 1.44. The quantitative estimate of drug-likeness (QED) is 0.658. The molecule has 0 spiro atoms. The SMILES string of the molecule is Cc1ncc(C(=O)NC2CCCCC2)c(C2CCCN2C(=O)c2cn3cccc(C)c3n2)n1. The Labute approximate surface area is 193 Å². The van der Waals surface area contributed by atoms with Gasteiger partial charge in [-0.2, -0.15) is 0 Å². The van der Waals surface area contributed by atoms with Crippen molar-refractivity contribution in [3.05, 3.63) is 59.1 Å². The number of nitrogens with zero attached hydrogens (tertiary/aromatic N) is 5. The Morgan fingerprint density at radius 2 is 1.88 bits per heavy atom. The maximum Gasteiger partial charge on any atom is 0.274 e. The number of aromatic nitrogens is 4. The first-order chi connectivity index (χ1) is 16.0. The van der Waals surface area contributed by atoms with Crippen molar-refractivity contribution in [1.82, 2.24) is 29.6 Å². The number of aryl methyl sites for hydroxylation is 2. The van der Waals surface area contributed by atoms with Gasteiger partial charge in [0, 0.05) is 31.2 Å². The maximum absolute atomic E-state index is 13.5. The fourth-order valence-corrected chi connectivity index (χ4v) is 5.12. The van der Waals surface area contributed by atoms with Gasteiger partial charge in [-0.1, -0.05) is 25.3 Å². The van der Waals surface area contributed by atoms with Gasteiger partial charge < -0.3 is 14.6 Å². The van der Waals surface area contributed by atoms with E-state index in [1.165, 1.54) is 6.42 Å². The second kappa shape index (κ2) is 8.92. The van der Waals surface area contributed by atoms with Crippen LogP contribution in [0.1, 0.15) is 88.9 Å². The van der Waals surface area contributed by atoms with Gasteiger partial charge in [0.15, 0.2) is 0 Å². The van der Waals surface area contributed by atoms with E-state index in [4.69, 9.17) is 0 Å². The molecule has 1 saturated heterocycles. The van der Waals surface area contributed by atoms with Gasteiger partial charge >= 0.3 is 0 Å². The van der Waals surface area contributed by atoms with Crippen molar-refractivity contribution in [2.75, 3.05) is 6.54 Å². The Morgan fingerprint density at radius 3 is 2.67 bits per heavy atom. The predicted octanol–water partition coefficient (Wildman–Crippen LogP) is 3.78. The fourth-order valence-electron chi connectivity index (χ4n) is 5.12. The van der Waals surface area contributed by atoms with E-state index in [0.717, 1.165) is 49.7 Å². The highest BCUT2D eigenvalue weighted by Crippen LogP contribution is 2.34. The summed E-state index contributed by atoms with van der Waals surface area (Å²) < 4.78 is 1.88. The second-order valence-corrected chi connectivity index (χ2v) is 9.23. The van der Waals surface area contributed by atoms with Gasteiger partial charge in [-0.15, -0.1) is 0 Å². The summed E-state index contributed by atoms with van der Waals surface area (Å²) in [4.78, 5) is 42.1. The van der Waals surface area contributed by atoms with E-state index in [0.29, 0.717) is 29.3 Å². The minimum atomic E-state index is -0.266. The molecule has 8 heteroatoms. The molecular weight excluding hydrogens is 416 g/mol. The van der Waals surface area contributed by atoms with E-state index in [2.05, 4.69) is 20.3 Å². The van der Waals surface area contributed by atoms with Crippen LogP contribution in [-0.4, -0.2) is 48.7 Å². The number of amides is 2. The van der Waals surface area contributed by atoms with E-state index in [-0.39, 0.29) is 23.9 Å². The van der Waals surface area contributed by atoms with Crippen molar-refractivity contribution < 1.29 is 9.59 Å². The topological polar surface area (TPSA) is 92.5 Å². The maximum atomic E-state index is 13.5. The minimum Gasteiger partial charge on any atom is -0.349 e. The lowest BCUT2D eigenvalue weighted by Crippen LogP contribution is -2.38. The smallest absolute Gasteiger partial charge is 0.274 e. The highest BCUT2D eigenvalue weighted by Gasteiger charge is 2.35. The molecule has 3 aromatic heterocycles. The zero-order valence-electron chi connectivity index (χ0n) is 19.3. The third-order valence-electron chi connectivity index (χ3n) is 6.85. The number of carbonyl (C=O) groups excluding carboxylic acids is 2. The summed E-state index contributed by atoms with van der Waals surface area (Å²) in [6.45, 7) is 4.41. The number of carbonyl (C=O) groups is 2. The summed E-state index contributed by atoms with van der Waals surface area (Å²) in [5.41, 5.74) is 3.32. The van der Waals surface area contributed by atoms with Crippen molar-refractivity contribution in [3.63, 3.8) is 0 Å². The number of nitrogens with one attached hydrogen (secondary N) is 1. The summed E-state index contributed by atoms with van der Waals surface area (Å²) in [7, 11) is 0. The standard InChI is InChI=1S/C25H30N6O2/c1-16-8-6-12-30-15-20(29-23(16)30)25(33)31-13-7-11-21(31)22-19(14-26-17(2)27-22)24(32)28-18-9-4-3-5-10-18/h6,8,12,14-15,18,21H,3-5,7,9-11,13H2,1-2H3,(H,28,32). The number of pyridine rings is 1. The molecule has 1 aliphatic heterocycles. The van der Waals surface area contributed by atoms with Gasteiger partial charge in [0.25, 0.3) is 11.8 Å². The lowest BCUT2D eigenvalue weighted by Gasteiger charge is -2.26. The van der Waals surface area contributed by atoms with E-state index < -0.39 is 0 Å². The van der Waals surface area contributed by atoms with Crippen molar-refractivity contribution in [2.45, 2.75) is 70.9 Å². The van der Waals surface area contributed by atoms with Crippen LogP contribution in [0, 0.1) is 13.8 Å². The Bertz CT molecular complexity index is 1200. The van der Waals surface area contributed by atoms with Crippen molar-refractivity contribution >= 4 is 17.5 Å². The average Bonchev–Trinajstić information content (AvgIpc) is 3.47. The molecule has 8 nitrogen and oxygen atoms in total. The van der Waals surface area contributed by atoms with Crippen LogP contribution in [0.2, 0.25) is 0 Å². The Morgan fingerprint density at radius 1 is 1.06 bits per heavy atom. The number of hydrogen-bond acceptors (Lipinski definition) is 5. The molecule has 0 radical (unpaired) electrons. The third kappa shape index (κ3) is 4.21. The predicted molar refractivity (Wildman–Crippen MR) is 124 cm³/mol. The van der Waals surface area contributed by atoms with Crippen LogP contribution in [-0.2, 0) is 0 Å². The first-order valence-electron chi connectivity index (χ1n) is 11.9. The van der Waals surface area contributed by atoms with Crippen molar-refractivity contribution in [3.8, 4) is 0 Å². The number of likely N-dealkylation sites (tertiary alicyclic amines) is 1. The molecule has 0 aromatic carbocycles. The molecule has 0 bridgehead atoms. The van der Waals surface area contributed by atoms with Crippen LogP contribution in [0.15, 0.2) is 30.7 Å². The molecule has 172 valence electrons. The largest absolute Gasteiger partial charge is 0.349 e. The van der Waals surface area contributed by atoms with E-state index in [1.54, 1.807) is 12.4 Å². The molecule has 1 saturated carbocycles. The third-order valence-corrected chi connectivity index (χ3v) is 6.85. The second-order valence-electron chi connectivity index (χ2n) is 9.23. The summed E-state index contributed by atoms with van der Waals surface area (Å²) in [5.74, 6) is 0.330.